The number of carbonyl (C=O) groups is 3. The Morgan fingerprint density at radius 3 is 1.17 bits per heavy atom. The highest BCUT2D eigenvalue weighted by molar-refractivity contribution is 6.31. The summed E-state index contributed by atoms with van der Waals surface area (Å²) >= 11 is 12.1. The lowest BCUT2D eigenvalue weighted by Crippen LogP contribution is -2.20. The van der Waals surface area contributed by atoms with Crippen molar-refractivity contribution in [1.82, 2.24) is 89.7 Å². The van der Waals surface area contributed by atoms with Crippen molar-refractivity contribution in [3.05, 3.63) is 349 Å². The number of fused-ring (bicyclic) bond motifs is 5. The number of aryl methyl sites for hydroxylation is 2. The Morgan fingerprint density at radius 2 is 0.754 bits per heavy atom. The number of carbonyl (C=O) groups excluding carboxylic acids is 3. The maximum atomic E-state index is 14.5. The van der Waals surface area contributed by atoms with E-state index in [4.69, 9.17) is 39.8 Å². The number of nitrogens with one attached hydrogen (secondary N) is 8. The van der Waals surface area contributed by atoms with Gasteiger partial charge in [0.25, 0.3) is 5.91 Å². The van der Waals surface area contributed by atoms with E-state index in [1.165, 1.54) is 55.0 Å². The number of rotatable bonds is 21. The highest BCUT2D eigenvalue weighted by atomic mass is 35.5. The van der Waals surface area contributed by atoms with Crippen molar-refractivity contribution in [1.29, 1.82) is 0 Å². The minimum absolute atomic E-state index is 0.0935. The number of anilines is 14. The van der Waals surface area contributed by atoms with Crippen molar-refractivity contribution in [2.24, 2.45) is 11.1 Å². The Labute approximate surface area is 818 Å². The van der Waals surface area contributed by atoms with Crippen LogP contribution in [0.4, 0.5) is 98.2 Å². The van der Waals surface area contributed by atoms with Gasteiger partial charge in [0, 0.05) is 186 Å². The summed E-state index contributed by atoms with van der Waals surface area (Å²) in [4.78, 5) is 113. The number of nitrogens with zero attached hydrogens (tertiary/aromatic N) is 18. The Balaban J connectivity index is 0.000000128. The molecule has 0 saturated heterocycles. The minimum Gasteiger partial charge on any atom is -0.392 e. The van der Waals surface area contributed by atoms with Crippen LogP contribution in [0.15, 0.2) is 305 Å². The van der Waals surface area contributed by atoms with E-state index >= 15 is 0 Å². The lowest BCUT2D eigenvalue weighted by Gasteiger charge is -2.17. The topological polar surface area (TPSA) is 472 Å². The minimum atomic E-state index is -0.670. The molecule has 0 atom stereocenters. The highest BCUT2D eigenvalue weighted by Crippen LogP contribution is 2.39. The van der Waals surface area contributed by atoms with Crippen LogP contribution in [0.1, 0.15) is 44.1 Å². The number of nitrogens with two attached hydrogens (primary N) is 2. The maximum Gasteiger partial charge on any atom is 0.317 e. The number of amides is 4. The molecule has 0 aliphatic heterocycles. The summed E-state index contributed by atoms with van der Waals surface area (Å²) in [6.45, 7) is 9.15. The van der Waals surface area contributed by atoms with Crippen LogP contribution in [0.3, 0.4) is 0 Å². The molecule has 0 unspecified atom stereocenters. The molecule has 0 radical (unpaired) electrons. The summed E-state index contributed by atoms with van der Waals surface area (Å²) < 4.78 is 43.1. The second kappa shape index (κ2) is 44.7. The van der Waals surface area contributed by atoms with Crippen LogP contribution in [0.2, 0.25) is 10.0 Å². The van der Waals surface area contributed by atoms with Gasteiger partial charge in [-0.15, -0.1) is 0 Å². The molecule has 20 rings (SSSR count). The normalized spacial score (nSPS) is 10.9. The fourth-order valence-electron chi connectivity index (χ4n) is 14.5. The fraction of sp³-hybridized carbons (Fsp3) is 0.0865. The van der Waals surface area contributed by atoms with Gasteiger partial charge >= 0.3 is 6.03 Å². The standard InChI is InChI=1S/C25H23ClFN5O.C21H15ClFN5O2.C20H17N7O.C20H17N5O.C18H13FN6/c1-25(2,3)14-23(33)32-22-12-16(8-10-28-22)30-20-13-21(18-11-15(26)6-7-19(18)27)31-24-17(20)5-4-9-29-24;22-12-3-4-16(23)15(8-12)18-10-17(14-2-1-6-25-21(14)27-18)26-13-5-7-24-19(9-13)28-20(30)11-29;1-12-4-2-6-15(24-12)17-11-16(14-5-3-8-23-19(14)26-17)25-13-7-9-22-18(10-13)27-20(21)28;1-13-4-2-6-17(23-13)19-10-18(15-5-3-8-22-20(15)25-19)24-16-7-9-21-11-14(16)12-26;19-13-6-2-1-4-11(13)14-8-15(12-5-3-7-21-18(12)25-14)24-17-9-16(20)22-10-23-17/h4-13H,14H2,1-3H3,(H2,28,29,30,31,32,33);1-10,29H,11H2,(H2,24,25,26,27,28,30);2-11H,1H3,(H4,21,22,23,25,26,27,28);2-11,26H,12H2,1H3,(H,21,22,24,25);1-10H,(H3,20,21,22,23,24,25). The molecule has 33 nitrogen and oxygen atoms in total. The van der Waals surface area contributed by atoms with Gasteiger partial charge in [-0.2, -0.15) is 0 Å². The van der Waals surface area contributed by atoms with Crippen LogP contribution in [-0.4, -0.2) is 124 Å². The molecule has 14 N–H and O–H groups in total. The molecule has 0 bridgehead atoms. The molecular formula is C104H85Cl2F3N28O5. The van der Waals surface area contributed by atoms with Crippen LogP contribution >= 0.6 is 23.2 Å². The van der Waals surface area contributed by atoms with Crippen molar-refractivity contribution >= 4 is 176 Å². The lowest BCUT2D eigenvalue weighted by atomic mass is 9.92. The van der Waals surface area contributed by atoms with Crippen LogP contribution in [0.5, 0.6) is 0 Å². The first-order chi connectivity index (χ1) is 68.7. The SMILES string of the molecule is CC(C)(C)CC(=O)Nc1cc(Nc2cc(-c3cc(Cl)ccc3F)nc3ncccc23)ccn1.Cc1cccc(-c2cc(Nc3ccnc(NC(N)=O)c3)c3cccnc3n2)n1.Cc1cccc(-c2cc(Nc3ccncc3CO)c3cccnc3n2)n1.Nc1cc(Nc2cc(-c3ccccc3F)nc3ncccc23)ncn1.O=C(CO)Nc1cc(Nc2cc(-c3cc(Cl)ccc3F)nc3ncccc23)ccn1. The van der Waals surface area contributed by atoms with Gasteiger partial charge in [0.15, 0.2) is 28.2 Å². The Bertz CT molecular complexity index is 8080. The number of aromatic nitrogens is 18. The summed E-state index contributed by atoms with van der Waals surface area (Å²) in [6.07, 6.45) is 18.1. The molecule has 20 aromatic rings. The Kier molecular flexibility index (Phi) is 30.5. The number of primary amides is 1. The van der Waals surface area contributed by atoms with Crippen molar-refractivity contribution in [3.8, 4) is 56.5 Å². The van der Waals surface area contributed by atoms with E-state index in [0.717, 1.165) is 83.7 Å². The number of urea groups is 1. The average Bonchev–Trinajstić information content (AvgIpc) is 0.793. The molecule has 0 spiro atoms. The van der Waals surface area contributed by atoms with Gasteiger partial charge in [-0.05, 0) is 207 Å². The first kappa shape index (κ1) is 96.8. The van der Waals surface area contributed by atoms with E-state index < -0.39 is 30.2 Å². The Morgan fingerprint density at radius 1 is 0.352 bits per heavy atom. The predicted molar refractivity (Wildman–Crippen MR) is 547 cm³/mol. The van der Waals surface area contributed by atoms with E-state index in [-0.39, 0.29) is 40.7 Å². The number of hydrogen-bond donors (Lipinski definition) is 12. The third kappa shape index (κ3) is 25.1. The largest absolute Gasteiger partial charge is 0.392 e. The Hall–Kier alpha value is -18.3. The van der Waals surface area contributed by atoms with Crippen LogP contribution in [-0.2, 0) is 16.2 Å². The van der Waals surface area contributed by atoms with Gasteiger partial charge in [-0.25, -0.2) is 92.7 Å². The second-order valence-electron chi connectivity index (χ2n) is 32.6. The first-order valence-corrected chi connectivity index (χ1v) is 44.4. The molecule has 0 aliphatic carbocycles. The second-order valence-corrected chi connectivity index (χ2v) is 33.5. The zero-order valence-electron chi connectivity index (χ0n) is 76.2. The number of pyridine rings is 16. The van der Waals surface area contributed by atoms with Crippen molar-refractivity contribution in [2.75, 3.05) is 54.9 Å². The number of halogens is 5. The quantitative estimate of drug-likeness (QED) is 0.0318. The third-order valence-electron chi connectivity index (χ3n) is 20.8. The lowest BCUT2D eigenvalue weighted by molar-refractivity contribution is -0.119. The molecule has 38 heteroatoms. The van der Waals surface area contributed by atoms with Gasteiger partial charge in [-0.1, -0.05) is 68.2 Å². The molecule has 0 saturated carbocycles. The van der Waals surface area contributed by atoms with Crippen molar-refractivity contribution in [2.45, 2.75) is 47.6 Å². The summed E-state index contributed by atoms with van der Waals surface area (Å²) in [6, 6.07) is 67.5. The van der Waals surface area contributed by atoms with Crippen LogP contribution < -0.4 is 54.0 Å². The number of benzene rings is 3. The van der Waals surface area contributed by atoms with E-state index in [1.54, 1.807) is 147 Å². The van der Waals surface area contributed by atoms with Gasteiger partial charge in [0.1, 0.15) is 59.5 Å². The molecule has 17 aromatic heterocycles. The van der Waals surface area contributed by atoms with E-state index in [9.17, 15) is 32.7 Å². The molecule has 4 amide bonds. The van der Waals surface area contributed by atoms with Crippen molar-refractivity contribution < 1.29 is 37.8 Å². The van der Waals surface area contributed by atoms with Gasteiger partial charge in [-0.3, -0.25) is 29.9 Å². The summed E-state index contributed by atoms with van der Waals surface area (Å²) in [5, 5.41) is 47.5. The summed E-state index contributed by atoms with van der Waals surface area (Å²) in [5.74, 6) is 0.0421. The van der Waals surface area contributed by atoms with Crippen molar-refractivity contribution in [3.63, 3.8) is 0 Å². The van der Waals surface area contributed by atoms with E-state index in [1.807, 2.05) is 138 Å². The number of aliphatic hydroxyl groups excluding tert-OH is 2. The number of aliphatic hydroxyl groups is 2. The number of nitrogen functional groups attached to an aromatic ring is 1. The zero-order chi connectivity index (χ0) is 99.3. The summed E-state index contributed by atoms with van der Waals surface area (Å²) in [5.41, 5.74) is 27.6. The monoisotopic (exact) mass is 1930 g/mol. The predicted octanol–water partition coefficient (Wildman–Crippen LogP) is 21.6. The highest BCUT2D eigenvalue weighted by Gasteiger charge is 2.22. The van der Waals surface area contributed by atoms with Crippen LogP contribution in [0.25, 0.3) is 112 Å². The van der Waals surface area contributed by atoms with E-state index in [0.29, 0.717) is 125 Å². The fourth-order valence-corrected chi connectivity index (χ4v) is 14.8. The molecule has 17 heterocycles. The molecule has 0 fully saturated rings. The maximum absolute atomic E-state index is 14.5. The first-order valence-electron chi connectivity index (χ1n) is 43.7. The molecule has 3 aromatic carbocycles. The third-order valence-corrected chi connectivity index (χ3v) is 21.3. The molecule has 706 valence electrons. The zero-order valence-corrected chi connectivity index (χ0v) is 77.7. The molecule has 0 aliphatic rings. The van der Waals surface area contributed by atoms with Gasteiger partial charge < -0.3 is 58.9 Å². The average molecular weight is 1930 g/mol. The molecule has 142 heavy (non-hydrogen) atoms. The van der Waals surface area contributed by atoms with Gasteiger partial charge in [0.2, 0.25) is 5.91 Å². The van der Waals surface area contributed by atoms with E-state index in [2.05, 4.69) is 132 Å². The smallest absolute Gasteiger partial charge is 0.317 e. The molecular weight excluding hydrogens is 1850 g/mol. The number of hydrogen-bond acceptors (Lipinski definition) is 29. The van der Waals surface area contributed by atoms with Gasteiger partial charge in [0.05, 0.1) is 74.9 Å². The summed E-state index contributed by atoms with van der Waals surface area (Å²) in [7, 11) is 0. The van der Waals surface area contributed by atoms with Crippen LogP contribution in [0, 0.1) is 36.7 Å².